The summed E-state index contributed by atoms with van der Waals surface area (Å²) in [5, 5.41) is 2.25. The average molecular weight is 303 g/mol. The van der Waals surface area contributed by atoms with Crippen molar-refractivity contribution in [3.8, 4) is 0 Å². The molecule has 0 aliphatic carbocycles. The summed E-state index contributed by atoms with van der Waals surface area (Å²) in [5.41, 5.74) is 8.25. The summed E-state index contributed by atoms with van der Waals surface area (Å²) in [6, 6.07) is 12.0. The molecule has 0 saturated heterocycles. The topological polar surface area (TPSA) is 58.9 Å². The first-order chi connectivity index (χ1) is 8.66. The number of nitrogens with one attached hydrogen (secondary N) is 1. The van der Waals surface area contributed by atoms with Gasteiger partial charge in [0.25, 0.3) is 0 Å². The van der Waals surface area contributed by atoms with Crippen LogP contribution in [0.4, 0.5) is 0 Å². The predicted octanol–water partition coefficient (Wildman–Crippen LogP) is 3.11. The highest BCUT2D eigenvalue weighted by atomic mass is 79.9. The molecule has 0 spiro atoms. The van der Waals surface area contributed by atoms with E-state index >= 15 is 0 Å². The van der Waals surface area contributed by atoms with Crippen LogP contribution in [-0.4, -0.2) is 10.9 Å². The van der Waals surface area contributed by atoms with E-state index in [1.165, 1.54) is 0 Å². The van der Waals surface area contributed by atoms with Gasteiger partial charge in [0.1, 0.15) is 0 Å². The lowest BCUT2D eigenvalue weighted by atomic mass is 10.1. The zero-order chi connectivity index (χ0) is 12.7. The van der Waals surface area contributed by atoms with E-state index in [2.05, 4.69) is 27.0 Å². The van der Waals surface area contributed by atoms with Crippen LogP contribution in [0.15, 0.2) is 40.9 Å². The Balaban J connectivity index is 2.41. The van der Waals surface area contributed by atoms with Crippen LogP contribution in [-0.2, 0) is 11.2 Å². The minimum Gasteiger partial charge on any atom is -0.369 e. The highest BCUT2D eigenvalue weighted by Gasteiger charge is 2.12. The largest absolute Gasteiger partial charge is 0.369 e. The summed E-state index contributed by atoms with van der Waals surface area (Å²) in [4.78, 5) is 14.5. The third-order valence-corrected chi connectivity index (χ3v) is 3.72. The minimum atomic E-state index is -0.322. The van der Waals surface area contributed by atoms with E-state index in [0.717, 1.165) is 31.8 Å². The van der Waals surface area contributed by atoms with Crippen LogP contribution >= 0.6 is 15.9 Å². The maximum atomic E-state index is 11.1. The molecule has 0 aliphatic heterocycles. The van der Waals surface area contributed by atoms with E-state index in [9.17, 15) is 4.79 Å². The fraction of sp³-hybridized carbons (Fsp3) is 0.0714. The average Bonchev–Trinajstić information content (AvgIpc) is 2.72. The number of fused-ring (bicyclic) bond motifs is 3. The van der Waals surface area contributed by atoms with E-state index < -0.39 is 0 Å². The summed E-state index contributed by atoms with van der Waals surface area (Å²) in [5.74, 6) is -0.322. The van der Waals surface area contributed by atoms with Crippen LogP contribution in [0.1, 0.15) is 5.56 Å². The Hall–Kier alpha value is -1.81. The number of rotatable bonds is 2. The number of hydrogen-bond acceptors (Lipinski definition) is 1. The number of carbonyl (C=O) groups is 1. The number of halogens is 1. The molecular formula is C14H11BrN2O. The number of aromatic nitrogens is 1. The van der Waals surface area contributed by atoms with Gasteiger partial charge in [-0.15, -0.1) is 0 Å². The molecule has 0 fully saturated rings. The van der Waals surface area contributed by atoms with Crippen molar-refractivity contribution in [1.82, 2.24) is 4.98 Å². The second-order valence-electron chi connectivity index (χ2n) is 4.27. The van der Waals surface area contributed by atoms with Crippen LogP contribution in [0, 0.1) is 0 Å². The third kappa shape index (κ3) is 1.69. The zero-order valence-electron chi connectivity index (χ0n) is 9.53. The second kappa shape index (κ2) is 4.14. The monoisotopic (exact) mass is 302 g/mol. The van der Waals surface area contributed by atoms with E-state index in [0.29, 0.717) is 0 Å². The summed E-state index contributed by atoms with van der Waals surface area (Å²) >= 11 is 3.56. The molecule has 0 bridgehead atoms. The van der Waals surface area contributed by atoms with Gasteiger partial charge in [-0.2, -0.15) is 0 Å². The number of nitrogens with two attached hydrogens (primary N) is 1. The lowest BCUT2D eigenvalue weighted by Crippen LogP contribution is -2.13. The Morgan fingerprint density at radius 3 is 2.78 bits per heavy atom. The molecule has 1 amide bonds. The lowest BCUT2D eigenvalue weighted by Gasteiger charge is -2.02. The van der Waals surface area contributed by atoms with E-state index in [-0.39, 0.29) is 12.3 Å². The molecule has 0 atom stereocenters. The van der Waals surface area contributed by atoms with Gasteiger partial charge >= 0.3 is 0 Å². The molecule has 1 aromatic heterocycles. The molecule has 3 aromatic rings. The highest BCUT2D eigenvalue weighted by Crippen LogP contribution is 2.33. The normalized spacial score (nSPS) is 11.2. The summed E-state index contributed by atoms with van der Waals surface area (Å²) in [6.45, 7) is 0. The van der Waals surface area contributed by atoms with Crippen LogP contribution in [0.25, 0.3) is 21.8 Å². The number of benzene rings is 2. The Kier molecular flexibility index (Phi) is 2.59. The summed E-state index contributed by atoms with van der Waals surface area (Å²) in [6.07, 6.45) is 0.247. The Morgan fingerprint density at radius 1 is 1.22 bits per heavy atom. The fourth-order valence-electron chi connectivity index (χ4n) is 2.31. The van der Waals surface area contributed by atoms with Crippen LogP contribution < -0.4 is 5.73 Å². The molecule has 0 unspecified atom stereocenters. The summed E-state index contributed by atoms with van der Waals surface area (Å²) in [7, 11) is 0. The number of carbonyl (C=O) groups excluding carboxylic acids is 1. The van der Waals surface area contributed by atoms with Crippen molar-refractivity contribution >= 4 is 43.6 Å². The quantitative estimate of drug-likeness (QED) is 0.751. The van der Waals surface area contributed by atoms with E-state index in [4.69, 9.17) is 5.73 Å². The molecule has 18 heavy (non-hydrogen) atoms. The van der Waals surface area contributed by atoms with Gasteiger partial charge in [-0.05, 0) is 17.7 Å². The van der Waals surface area contributed by atoms with Gasteiger partial charge in [0.2, 0.25) is 5.91 Å². The van der Waals surface area contributed by atoms with Crippen molar-refractivity contribution in [1.29, 1.82) is 0 Å². The molecule has 2 aromatic carbocycles. The zero-order valence-corrected chi connectivity index (χ0v) is 11.1. The number of H-pyrrole nitrogens is 1. The Bertz CT molecular complexity index is 761. The van der Waals surface area contributed by atoms with Crippen molar-refractivity contribution in [3.63, 3.8) is 0 Å². The van der Waals surface area contributed by atoms with Gasteiger partial charge in [-0.1, -0.05) is 40.2 Å². The standard InChI is InChI=1S/C14H11BrN2O/c15-10-6-5-8(7-12(16)18)14-13(10)9-3-1-2-4-11(9)17-14/h1-6,17H,7H2,(H2,16,18). The first-order valence-corrected chi connectivity index (χ1v) is 6.42. The van der Waals surface area contributed by atoms with Crippen molar-refractivity contribution in [2.24, 2.45) is 5.73 Å². The van der Waals surface area contributed by atoms with E-state index in [1.54, 1.807) is 0 Å². The maximum absolute atomic E-state index is 11.1. The van der Waals surface area contributed by atoms with Crippen LogP contribution in [0.2, 0.25) is 0 Å². The number of aromatic amines is 1. The highest BCUT2D eigenvalue weighted by molar-refractivity contribution is 9.10. The maximum Gasteiger partial charge on any atom is 0.221 e. The minimum absolute atomic E-state index is 0.247. The fourth-order valence-corrected chi connectivity index (χ4v) is 2.85. The number of amides is 1. The molecule has 0 saturated carbocycles. The first kappa shape index (κ1) is 11.3. The van der Waals surface area contributed by atoms with Crippen LogP contribution in [0.5, 0.6) is 0 Å². The number of para-hydroxylation sites is 1. The Morgan fingerprint density at radius 2 is 2.00 bits per heavy atom. The first-order valence-electron chi connectivity index (χ1n) is 5.63. The lowest BCUT2D eigenvalue weighted by molar-refractivity contribution is -0.117. The molecule has 1 heterocycles. The Labute approximate surface area is 112 Å². The van der Waals surface area contributed by atoms with Crippen molar-refractivity contribution in [3.05, 3.63) is 46.4 Å². The molecule has 90 valence electrons. The molecule has 4 heteroatoms. The summed E-state index contributed by atoms with van der Waals surface area (Å²) < 4.78 is 1.02. The van der Waals surface area contributed by atoms with Gasteiger partial charge in [0.05, 0.1) is 11.9 Å². The van der Waals surface area contributed by atoms with Gasteiger partial charge < -0.3 is 10.7 Å². The predicted molar refractivity (Wildman–Crippen MR) is 76.4 cm³/mol. The molecule has 0 radical (unpaired) electrons. The SMILES string of the molecule is NC(=O)Cc1ccc(Br)c2c1[nH]c1ccccc12. The van der Waals surface area contributed by atoms with Gasteiger partial charge in [0.15, 0.2) is 0 Å². The number of primary amides is 1. The second-order valence-corrected chi connectivity index (χ2v) is 5.12. The van der Waals surface area contributed by atoms with Crippen LogP contribution in [0.3, 0.4) is 0 Å². The van der Waals surface area contributed by atoms with E-state index in [1.807, 2.05) is 30.3 Å². The van der Waals surface area contributed by atoms with Crippen molar-refractivity contribution in [2.75, 3.05) is 0 Å². The molecule has 0 aliphatic rings. The van der Waals surface area contributed by atoms with Crippen molar-refractivity contribution < 1.29 is 4.79 Å². The molecule has 3 nitrogen and oxygen atoms in total. The van der Waals surface area contributed by atoms with Crippen molar-refractivity contribution in [2.45, 2.75) is 6.42 Å². The van der Waals surface area contributed by atoms with Gasteiger partial charge in [0, 0.05) is 20.8 Å². The van der Waals surface area contributed by atoms with Gasteiger partial charge in [-0.3, -0.25) is 4.79 Å². The van der Waals surface area contributed by atoms with Gasteiger partial charge in [-0.25, -0.2) is 0 Å². The molecule has 3 N–H and O–H groups in total. The number of hydrogen-bond donors (Lipinski definition) is 2. The molecule has 3 rings (SSSR count). The third-order valence-electron chi connectivity index (χ3n) is 3.06. The molecular weight excluding hydrogens is 292 g/mol. The smallest absolute Gasteiger partial charge is 0.221 e.